The number of hydrogen-bond acceptors (Lipinski definition) is 11. The van der Waals surface area contributed by atoms with E-state index in [1.807, 2.05) is 6.07 Å². The maximum Gasteiger partial charge on any atom is 0.296 e. The third-order valence-corrected chi connectivity index (χ3v) is 10.0. The van der Waals surface area contributed by atoms with Gasteiger partial charge in [-0.1, -0.05) is 52.4 Å². The van der Waals surface area contributed by atoms with Gasteiger partial charge in [-0.05, 0) is 49.7 Å². The summed E-state index contributed by atoms with van der Waals surface area (Å²) < 4.78 is 11.6. The van der Waals surface area contributed by atoms with Crippen LogP contribution in [0.1, 0.15) is 37.5 Å². The lowest BCUT2D eigenvalue weighted by molar-refractivity contribution is -0.117. The summed E-state index contributed by atoms with van der Waals surface area (Å²) in [6.07, 6.45) is 0. The van der Waals surface area contributed by atoms with E-state index in [9.17, 15) is 14.7 Å². The first-order valence-electron chi connectivity index (χ1n) is 12.0. The van der Waals surface area contributed by atoms with E-state index < -0.39 is 23.5 Å². The molecule has 1 atom stereocenters. The summed E-state index contributed by atoms with van der Waals surface area (Å²) in [5, 5.41) is 21.6. The van der Waals surface area contributed by atoms with Crippen LogP contribution in [0.4, 0.5) is 5.13 Å². The van der Waals surface area contributed by atoms with Crippen molar-refractivity contribution in [3.8, 4) is 11.5 Å². The largest absolute Gasteiger partial charge is 0.503 e. The number of aromatic nitrogens is 3. The zero-order valence-electron chi connectivity index (χ0n) is 22.1. The number of ether oxygens (including phenoxy) is 2. The average Bonchev–Trinajstić information content (AvgIpc) is 3.62. The SMILES string of the molecule is COc1ccc(OC)c(C2C(C(=O)c3sc(C)nc3C)=C(O)C(=O)N2c2nnc(SCc3ccc(Cl)cc3Cl)s2)c1. The Bertz CT molecular complexity index is 1700. The van der Waals surface area contributed by atoms with Crippen molar-refractivity contribution < 1.29 is 24.2 Å². The molecular weight excluding hydrogens is 627 g/mol. The molecule has 2 aromatic heterocycles. The lowest BCUT2D eigenvalue weighted by Crippen LogP contribution is -2.31. The second-order valence-corrected chi connectivity index (χ2v) is 13.0. The first kappa shape index (κ1) is 29.3. The maximum absolute atomic E-state index is 13.9. The van der Waals surface area contributed by atoms with Crippen LogP contribution in [0.2, 0.25) is 10.0 Å². The Kier molecular flexibility index (Phi) is 8.57. The second-order valence-electron chi connectivity index (χ2n) is 8.80. The van der Waals surface area contributed by atoms with Crippen LogP contribution in [0.15, 0.2) is 52.1 Å². The van der Waals surface area contributed by atoms with Gasteiger partial charge in [0.25, 0.3) is 5.91 Å². The summed E-state index contributed by atoms with van der Waals surface area (Å²) in [6, 6.07) is 9.22. The van der Waals surface area contributed by atoms with Crippen LogP contribution in [0.3, 0.4) is 0 Å². The fraction of sp³-hybridized carbons (Fsp3) is 0.222. The molecule has 1 unspecified atom stereocenters. The van der Waals surface area contributed by atoms with Gasteiger partial charge in [-0.25, -0.2) is 4.98 Å². The van der Waals surface area contributed by atoms with E-state index in [-0.39, 0.29) is 10.7 Å². The van der Waals surface area contributed by atoms with E-state index >= 15 is 0 Å². The van der Waals surface area contributed by atoms with E-state index in [4.69, 9.17) is 32.7 Å². The van der Waals surface area contributed by atoms with E-state index in [1.54, 1.807) is 44.2 Å². The molecule has 1 aliphatic heterocycles. The number of halogens is 2. The van der Waals surface area contributed by atoms with Crippen molar-refractivity contribution in [2.24, 2.45) is 0 Å². The van der Waals surface area contributed by atoms with Crippen molar-refractivity contribution in [2.45, 2.75) is 30.0 Å². The molecule has 0 saturated heterocycles. The minimum Gasteiger partial charge on any atom is -0.503 e. The third kappa shape index (κ3) is 5.67. The van der Waals surface area contributed by atoms with E-state index in [1.165, 1.54) is 42.2 Å². The summed E-state index contributed by atoms with van der Waals surface area (Å²) >= 11 is 16.0. The van der Waals surface area contributed by atoms with Crippen LogP contribution >= 0.6 is 57.6 Å². The summed E-state index contributed by atoms with van der Waals surface area (Å²) in [7, 11) is 2.99. The molecule has 0 fully saturated rings. The highest BCUT2D eigenvalue weighted by Crippen LogP contribution is 2.47. The number of ketones is 1. The van der Waals surface area contributed by atoms with Crippen LogP contribution in [0.5, 0.6) is 11.5 Å². The minimum absolute atomic E-state index is 0.106. The number of carbonyl (C=O) groups is 2. The number of hydrogen-bond donors (Lipinski definition) is 1. The Balaban J connectivity index is 1.57. The summed E-state index contributed by atoms with van der Waals surface area (Å²) in [4.78, 5) is 33.5. The molecule has 9 nitrogen and oxygen atoms in total. The molecule has 0 radical (unpaired) electrons. The number of thioether (sulfide) groups is 1. The molecule has 1 aliphatic rings. The fourth-order valence-electron chi connectivity index (χ4n) is 4.38. The molecule has 3 heterocycles. The van der Waals surface area contributed by atoms with Crippen LogP contribution in [-0.4, -0.2) is 46.2 Å². The van der Waals surface area contributed by atoms with Gasteiger partial charge in [0.05, 0.1) is 35.4 Å². The van der Waals surface area contributed by atoms with Gasteiger partial charge in [-0.15, -0.1) is 21.5 Å². The predicted octanol–water partition coefficient (Wildman–Crippen LogP) is 7.01. The van der Waals surface area contributed by atoms with Crippen LogP contribution in [-0.2, 0) is 10.5 Å². The van der Waals surface area contributed by atoms with Gasteiger partial charge < -0.3 is 14.6 Å². The van der Waals surface area contributed by atoms with E-state index in [0.717, 1.165) is 16.9 Å². The monoisotopic (exact) mass is 648 g/mol. The van der Waals surface area contributed by atoms with Gasteiger partial charge in [-0.3, -0.25) is 14.5 Å². The molecule has 0 aliphatic carbocycles. The highest BCUT2D eigenvalue weighted by molar-refractivity contribution is 8.00. The number of Topliss-reactive ketones (excluding diaryl/α,β-unsaturated/α-hetero) is 1. The van der Waals surface area contributed by atoms with Crippen molar-refractivity contribution in [1.82, 2.24) is 15.2 Å². The lowest BCUT2D eigenvalue weighted by Gasteiger charge is -2.25. The Morgan fingerprint density at radius 1 is 1.10 bits per heavy atom. The molecule has 41 heavy (non-hydrogen) atoms. The second kappa shape index (κ2) is 12.0. The zero-order valence-corrected chi connectivity index (χ0v) is 26.1. The van der Waals surface area contributed by atoms with Crippen molar-refractivity contribution in [3.63, 3.8) is 0 Å². The van der Waals surface area contributed by atoms with Gasteiger partial charge in [0.2, 0.25) is 10.9 Å². The number of thiazole rings is 1. The summed E-state index contributed by atoms with van der Waals surface area (Å²) in [5.41, 5.74) is 1.70. The topological polar surface area (TPSA) is 115 Å². The molecule has 0 bridgehead atoms. The first-order valence-corrected chi connectivity index (χ1v) is 15.4. The number of aryl methyl sites for hydroxylation is 2. The minimum atomic E-state index is -1.07. The van der Waals surface area contributed by atoms with Gasteiger partial charge in [0.1, 0.15) is 17.5 Å². The molecule has 14 heteroatoms. The van der Waals surface area contributed by atoms with Gasteiger partial charge in [0.15, 0.2) is 10.1 Å². The molecule has 2 aromatic carbocycles. The fourth-order valence-corrected chi connectivity index (χ4v) is 7.68. The third-order valence-electron chi connectivity index (χ3n) is 6.26. The highest BCUT2D eigenvalue weighted by Gasteiger charge is 2.48. The molecule has 0 saturated carbocycles. The van der Waals surface area contributed by atoms with Crippen molar-refractivity contribution in [3.05, 3.63) is 84.5 Å². The van der Waals surface area contributed by atoms with Gasteiger partial charge >= 0.3 is 0 Å². The van der Waals surface area contributed by atoms with Crippen molar-refractivity contribution in [1.29, 1.82) is 0 Å². The standard InChI is InChI=1S/C27H22Cl2N4O5S3/c1-12-24(40-13(2)30-12)22(34)20-21(17-10-16(37-3)7-8-19(17)38-4)33(25(36)23(20)35)26-31-32-27(41-26)39-11-14-5-6-15(28)9-18(14)29/h5-10,21,35H,11H2,1-4H3. The van der Waals surface area contributed by atoms with Gasteiger partial charge in [0, 0.05) is 21.4 Å². The quantitative estimate of drug-likeness (QED) is 0.116. The number of methoxy groups -OCH3 is 2. The first-order chi connectivity index (χ1) is 19.6. The normalized spacial score (nSPS) is 15.1. The van der Waals surface area contributed by atoms with Crippen molar-refractivity contribution >= 4 is 74.5 Å². The average molecular weight is 650 g/mol. The Labute approximate surface area is 257 Å². The lowest BCUT2D eigenvalue weighted by atomic mass is 9.94. The number of rotatable bonds is 9. The van der Waals surface area contributed by atoms with E-state index in [2.05, 4.69) is 15.2 Å². The Morgan fingerprint density at radius 2 is 1.88 bits per heavy atom. The number of anilines is 1. The molecule has 4 aromatic rings. The number of carbonyl (C=O) groups excluding carboxylic acids is 2. The molecule has 0 spiro atoms. The zero-order chi connectivity index (χ0) is 29.4. The Morgan fingerprint density at radius 3 is 2.54 bits per heavy atom. The number of amides is 1. The van der Waals surface area contributed by atoms with Crippen LogP contribution in [0.25, 0.3) is 0 Å². The molecule has 5 rings (SSSR count). The van der Waals surface area contributed by atoms with Crippen LogP contribution < -0.4 is 14.4 Å². The van der Waals surface area contributed by atoms with Crippen molar-refractivity contribution in [2.75, 3.05) is 19.1 Å². The van der Waals surface area contributed by atoms with Gasteiger partial charge in [-0.2, -0.15) is 0 Å². The van der Waals surface area contributed by atoms with Crippen LogP contribution in [0, 0.1) is 13.8 Å². The molecule has 1 N–H and O–H groups in total. The predicted molar refractivity (Wildman–Crippen MR) is 161 cm³/mol. The number of aliphatic hydroxyl groups excluding tert-OH is 1. The van der Waals surface area contributed by atoms with E-state index in [0.29, 0.717) is 52.8 Å². The summed E-state index contributed by atoms with van der Waals surface area (Å²) in [6.45, 7) is 3.50. The smallest absolute Gasteiger partial charge is 0.296 e. The summed E-state index contributed by atoms with van der Waals surface area (Å²) in [5.74, 6) is -0.605. The highest BCUT2D eigenvalue weighted by atomic mass is 35.5. The molecule has 1 amide bonds. The number of aliphatic hydroxyl groups is 1. The molecular formula is C27H22Cl2N4O5S3. The molecule has 212 valence electrons. The number of benzene rings is 2. The number of nitrogens with zero attached hydrogens (tertiary/aromatic N) is 4. The Hall–Kier alpha value is -3.16. The maximum atomic E-state index is 13.9.